The topological polar surface area (TPSA) is 62.4 Å². The second kappa shape index (κ2) is 4.81. The zero-order valence-corrected chi connectivity index (χ0v) is 11.1. The Morgan fingerprint density at radius 3 is 3.00 bits per heavy atom. The molecule has 1 saturated heterocycles. The highest BCUT2D eigenvalue weighted by Gasteiger charge is 2.27. The Balaban J connectivity index is 2.18. The molecule has 0 aromatic carbocycles. The average molecular weight is 259 g/mol. The van der Waals surface area contributed by atoms with Gasteiger partial charge in [-0.1, -0.05) is 6.92 Å². The van der Waals surface area contributed by atoms with E-state index >= 15 is 0 Å². The predicted molar refractivity (Wildman–Crippen MR) is 70.3 cm³/mol. The van der Waals surface area contributed by atoms with Crippen LogP contribution in [0.5, 0.6) is 0 Å². The van der Waals surface area contributed by atoms with Crippen LogP contribution >= 0.6 is 23.3 Å². The molecule has 2 rings (SSSR count). The van der Waals surface area contributed by atoms with Crippen molar-refractivity contribution in [3.8, 4) is 0 Å². The highest BCUT2D eigenvalue weighted by atomic mass is 32.2. The fourth-order valence-corrected chi connectivity index (χ4v) is 3.72. The number of aromatic nitrogens is 1. The molecule has 2 atom stereocenters. The van der Waals surface area contributed by atoms with Gasteiger partial charge in [-0.3, -0.25) is 0 Å². The second-order valence-electron chi connectivity index (χ2n) is 4.19. The Morgan fingerprint density at radius 2 is 2.38 bits per heavy atom. The van der Waals surface area contributed by atoms with Gasteiger partial charge in [-0.25, -0.2) is 0 Å². The molecule has 90 valence electrons. The van der Waals surface area contributed by atoms with Gasteiger partial charge < -0.3 is 15.7 Å². The van der Waals surface area contributed by atoms with Gasteiger partial charge in [0.2, 0.25) is 0 Å². The smallest absolute Gasteiger partial charge is 0.153 e. The maximum atomic E-state index is 9.71. The Morgan fingerprint density at radius 1 is 1.62 bits per heavy atom. The van der Waals surface area contributed by atoms with Crippen molar-refractivity contribution < 1.29 is 5.11 Å². The maximum Gasteiger partial charge on any atom is 0.153 e. The van der Waals surface area contributed by atoms with Crippen LogP contribution in [0.15, 0.2) is 4.90 Å². The molecular formula is C10H17N3OS2. The monoisotopic (exact) mass is 259 g/mol. The van der Waals surface area contributed by atoms with E-state index < -0.39 is 0 Å². The molecule has 0 aliphatic carbocycles. The van der Waals surface area contributed by atoms with Crippen LogP contribution in [-0.2, 0) is 0 Å². The summed E-state index contributed by atoms with van der Waals surface area (Å²) in [5, 5.41) is 10.9. The molecule has 0 bridgehead atoms. The Kier molecular flexibility index (Phi) is 3.61. The largest absolute Gasteiger partial charge is 0.393 e. The minimum Gasteiger partial charge on any atom is -0.393 e. The van der Waals surface area contributed by atoms with Crippen LogP contribution in [0.4, 0.5) is 10.8 Å². The van der Waals surface area contributed by atoms with Gasteiger partial charge in [-0.2, -0.15) is 4.37 Å². The zero-order valence-electron chi connectivity index (χ0n) is 9.51. The number of nitrogen functional groups attached to an aromatic ring is 1. The second-order valence-corrected chi connectivity index (χ2v) is 5.75. The summed E-state index contributed by atoms with van der Waals surface area (Å²) in [5.41, 5.74) is 5.82. The van der Waals surface area contributed by atoms with Gasteiger partial charge in [0.25, 0.3) is 0 Å². The van der Waals surface area contributed by atoms with E-state index in [9.17, 15) is 5.11 Å². The van der Waals surface area contributed by atoms with Crippen LogP contribution in [0.25, 0.3) is 0 Å². The molecule has 16 heavy (non-hydrogen) atoms. The summed E-state index contributed by atoms with van der Waals surface area (Å²) < 4.78 is 4.20. The number of nitrogens with two attached hydrogens (primary N) is 1. The van der Waals surface area contributed by atoms with Crippen molar-refractivity contribution in [2.75, 3.05) is 30.0 Å². The van der Waals surface area contributed by atoms with Crippen molar-refractivity contribution >= 4 is 34.1 Å². The first-order valence-corrected chi connectivity index (χ1v) is 7.35. The molecule has 6 heteroatoms. The molecule has 1 aromatic rings. The Bertz CT molecular complexity index is 369. The first kappa shape index (κ1) is 12.0. The summed E-state index contributed by atoms with van der Waals surface area (Å²) in [6.07, 6.45) is 2.68. The maximum absolute atomic E-state index is 9.71. The highest BCUT2D eigenvalue weighted by Crippen LogP contribution is 2.39. The summed E-state index contributed by atoms with van der Waals surface area (Å²) in [6.45, 7) is 3.86. The number of hydrogen-bond donors (Lipinski definition) is 2. The van der Waals surface area contributed by atoms with E-state index in [0.29, 0.717) is 11.7 Å². The Hall–Kier alpha value is -0.460. The minimum absolute atomic E-state index is 0.167. The first-order valence-electron chi connectivity index (χ1n) is 5.35. The number of aliphatic hydroxyl groups excluding tert-OH is 1. The molecule has 2 unspecified atom stereocenters. The first-order chi connectivity index (χ1) is 7.63. The third-order valence-corrected chi connectivity index (χ3v) is 4.87. The molecule has 0 amide bonds. The summed E-state index contributed by atoms with van der Waals surface area (Å²) in [4.78, 5) is 3.37. The molecule has 3 N–H and O–H groups in total. The molecule has 0 spiro atoms. The van der Waals surface area contributed by atoms with Gasteiger partial charge in [0.1, 0.15) is 5.00 Å². The van der Waals surface area contributed by atoms with E-state index in [4.69, 9.17) is 5.73 Å². The fourth-order valence-electron chi connectivity index (χ4n) is 2.00. The third kappa shape index (κ3) is 2.14. The van der Waals surface area contributed by atoms with E-state index in [2.05, 4.69) is 16.2 Å². The van der Waals surface area contributed by atoms with Gasteiger partial charge in [0.05, 0.1) is 11.0 Å². The molecule has 1 aliphatic heterocycles. The fraction of sp³-hybridized carbons (Fsp3) is 0.700. The number of thioether (sulfide) groups is 1. The quantitative estimate of drug-likeness (QED) is 0.791. The van der Waals surface area contributed by atoms with E-state index in [0.717, 1.165) is 29.4 Å². The van der Waals surface area contributed by atoms with E-state index in [1.165, 1.54) is 11.5 Å². The highest BCUT2D eigenvalue weighted by molar-refractivity contribution is 7.99. The number of rotatable bonds is 2. The SMILES string of the molecule is CSc1c(N)nsc1N1CCC(O)C(C)C1. The van der Waals surface area contributed by atoms with Crippen molar-refractivity contribution in [1.29, 1.82) is 0 Å². The molecule has 0 saturated carbocycles. The van der Waals surface area contributed by atoms with Crippen LogP contribution in [0.2, 0.25) is 0 Å². The summed E-state index contributed by atoms with van der Waals surface area (Å²) in [6, 6.07) is 0. The lowest BCUT2D eigenvalue weighted by Crippen LogP contribution is -2.41. The number of piperidine rings is 1. The van der Waals surface area contributed by atoms with Crippen LogP contribution in [0.3, 0.4) is 0 Å². The predicted octanol–water partition coefficient (Wildman–Crippen LogP) is 1.65. The van der Waals surface area contributed by atoms with Gasteiger partial charge in [0.15, 0.2) is 5.82 Å². The standard InChI is InChI=1S/C10H17N3OS2/c1-6-5-13(4-3-7(6)14)10-8(15-2)9(11)12-16-10/h6-7,14H,3-5H2,1-2H3,(H2,11,12). The van der Waals surface area contributed by atoms with E-state index in [-0.39, 0.29) is 6.10 Å². The van der Waals surface area contributed by atoms with Crippen molar-refractivity contribution in [3.05, 3.63) is 0 Å². The summed E-state index contributed by atoms with van der Waals surface area (Å²) >= 11 is 3.10. The van der Waals surface area contributed by atoms with Gasteiger partial charge >= 0.3 is 0 Å². The van der Waals surface area contributed by atoms with Crippen molar-refractivity contribution in [2.45, 2.75) is 24.3 Å². The van der Waals surface area contributed by atoms with Crippen molar-refractivity contribution in [3.63, 3.8) is 0 Å². The normalized spacial score (nSPS) is 26.1. The number of nitrogens with zero attached hydrogens (tertiary/aromatic N) is 2. The minimum atomic E-state index is -0.167. The van der Waals surface area contributed by atoms with Crippen LogP contribution < -0.4 is 10.6 Å². The van der Waals surface area contributed by atoms with E-state index in [1.54, 1.807) is 11.8 Å². The van der Waals surface area contributed by atoms with Crippen LogP contribution in [-0.4, -0.2) is 34.9 Å². The van der Waals surface area contributed by atoms with Crippen molar-refractivity contribution in [2.24, 2.45) is 5.92 Å². The number of anilines is 2. The molecular weight excluding hydrogens is 242 g/mol. The molecule has 2 heterocycles. The summed E-state index contributed by atoms with van der Waals surface area (Å²) in [7, 11) is 0. The molecule has 1 aliphatic rings. The average Bonchev–Trinajstić information content (AvgIpc) is 2.63. The van der Waals surface area contributed by atoms with Gasteiger partial charge in [0, 0.05) is 13.1 Å². The lowest BCUT2D eigenvalue weighted by atomic mass is 9.97. The molecule has 1 aromatic heterocycles. The number of aliphatic hydroxyl groups is 1. The van der Waals surface area contributed by atoms with Gasteiger partial charge in [-0.05, 0) is 30.1 Å². The lowest BCUT2D eigenvalue weighted by molar-refractivity contribution is 0.0971. The van der Waals surface area contributed by atoms with Crippen LogP contribution in [0, 0.1) is 5.92 Å². The third-order valence-electron chi connectivity index (χ3n) is 3.01. The summed E-state index contributed by atoms with van der Waals surface area (Å²) in [5.74, 6) is 0.943. The van der Waals surface area contributed by atoms with Crippen LogP contribution in [0.1, 0.15) is 13.3 Å². The number of hydrogen-bond acceptors (Lipinski definition) is 6. The zero-order chi connectivity index (χ0) is 11.7. The van der Waals surface area contributed by atoms with E-state index in [1.807, 2.05) is 6.26 Å². The molecule has 4 nitrogen and oxygen atoms in total. The lowest BCUT2D eigenvalue weighted by Gasteiger charge is -2.35. The Labute approximate surface area is 104 Å². The van der Waals surface area contributed by atoms with Gasteiger partial charge in [-0.15, -0.1) is 11.8 Å². The molecule has 0 radical (unpaired) electrons. The molecule has 1 fully saturated rings. The van der Waals surface area contributed by atoms with Crippen molar-refractivity contribution in [1.82, 2.24) is 4.37 Å².